The SMILES string of the molecule is CCc1ccsc1C(=O)NCC(C)(O)CN(C)C. The van der Waals surface area contributed by atoms with Crippen molar-refractivity contribution in [1.29, 1.82) is 0 Å². The second-order valence-corrected chi connectivity index (χ2v) is 5.96. The van der Waals surface area contributed by atoms with Crippen LogP contribution in [0.15, 0.2) is 11.4 Å². The molecule has 1 aromatic heterocycles. The quantitative estimate of drug-likeness (QED) is 0.820. The monoisotopic (exact) mass is 270 g/mol. The van der Waals surface area contributed by atoms with E-state index in [1.165, 1.54) is 11.3 Å². The molecule has 2 N–H and O–H groups in total. The Morgan fingerprint density at radius 2 is 2.22 bits per heavy atom. The standard InChI is InChI=1S/C13H22N2O2S/c1-5-10-6-7-18-11(10)12(16)14-8-13(2,17)9-15(3)4/h6-7,17H,5,8-9H2,1-4H3,(H,14,16). The van der Waals surface area contributed by atoms with E-state index in [9.17, 15) is 9.90 Å². The minimum atomic E-state index is -0.914. The van der Waals surface area contributed by atoms with Crippen molar-refractivity contribution in [2.75, 3.05) is 27.2 Å². The van der Waals surface area contributed by atoms with Crippen LogP contribution in [0.25, 0.3) is 0 Å². The summed E-state index contributed by atoms with van der Waals surface area (Å²) in [5.74, 6) is -0.0964. The molecule has 0 aromatic carbocycles. The second-order valence-electron chi connectivity index (χ2n) is 5.05. The highest BCUT2D eigenvalue weighted by molar-refractivity contribution is 7.12. The van der Waals surface area contributed by atoms with Gasteiger partial charge in [-0.1, -0.05) is 6.92 Å². The number of carbonyl (C=O) groups is 1. The van der Waals surface area contributed by atoms with Crippen LogP contribution in [0, 0.1) is 0 Å². The van der Waals surface area contributed by atoms with Gasteiger partial charge < -0.3 is 15.3 Å². The molecule has 18 heavy (non-hydrogen) atoms. The fourth-order valence-electron chi connectivity index (χ4n) is 1.90. The molecular formula is C13H22N2O2S. The molecule has 0 bridgehead atoms. The summed E-state index contributed by atoms with van der Waals surface area (Å²) in [6.07, 6.45) is 0.848. The van der Waals surface area contributed by atoms with Gasteiger partial charge in [-0.2, -0.15) is 0 Å². The van der Waals surface area contributed by atoms with Gasteiger partial charge in [-0.15, -0.1) is 11.3 Å². The van der Waals surface area contributed by atoms with Gasteiger partial charge in [0.2, 0.25) is 0 Å². The van der Waals surface area contributed by atoms with Crippen molar-refractivity contribution in [2.24, 2.45) is 0 Å². The number of nitrogens with zero attached hydrogens (tertiary/aromatic N) is 1. The summed E-state index contributed by atoms with van der Waals surface area (Å²) in [7, 11) is 3.79. The molecule has 0 saturated heterocycles. The summed E-state index contributed by atoms with van der Waals surface area (Å²) in [4.78, 5) is 14.6. The van der Waals surface area contributed by atoms with Gasteiger partial charge in [0.25, 0.3) is 5.91 Å². The lowest BCUT2D eigenvalue weighted by Crippen LogP contribution is -2.47. The number of hydrogen-bond donors (Lipinski definition) is 2. The lowest BCUT2D eigenvalue weighted by molar-refractivity contribution is 0.0326. The number of hydrogen-bond acceptors (Lipinski definition) is 4. The van der Waals surface area contributed by atoms with Crippen molar-refractivity contribution in [3.63, 3.8) is 0 Å². The molecule has 1 aromatic rings. The van der Waals surface area contributed by atoms with Crippen molar-refractivity contribution >= 4 is 17.2 Å². The zero-order valence-corrected chi connectivity index (χ0v) is 12.3. The van der Waals surface area contributed by atoms with E-state index < -0.39 is 5.60 Å². The summed E-state index contributed by atoms with van der Waals surface area (Å²) in [5, 5.41) is 14.8. The van der Waals surface area contributed by atoms with Crippen LogP contribution >= 0.6 is 11.3 Å². The molecule has 102 valence electrons. The highest BCUT2D eigenvalue weighted by atomic mass is 32.1. The maximum atomic E-state index is 12.0. The number of amides is 1. The molecule has 1 unspecified atom stereocenters. The molecule has 1 heterocycles. The number of carbonyl (C=O) groups excluding carboxylic acids is 1. The third kappa shape index (κ3) is 4.40. The van der Waals surface area contributed by atoms with Crippen LogP contribution in [0.2, 0.25) is 0 Å². The highest BCUT2D eigenvalue weighted by Crippen LogP contribution is 2.17. The molecular weight excluding hydrogens is 248 g/mol. The molecule has 4 nitrogen and oxygen atoms in total. The first-order chi connectivity index (χ1) is 8.35. The Hall–Kier alpha value is -0.910. The normalized spacial score (nSPS) is 14.6. The summed E-state index contributed by atoms with van der Waals surface area (Å²) >= 11 is 1.44. The fraction of sp³-hybridized carbons (Fsp3) is 0.615. The Kier molecular flexibility index (Phi) is 5.31. The Balaban J connectivity index is 2.56. The first-order valence-electron chi connectivity index (χ1n) is 6.07. The number of nitrogens with one attached hydrogen (secondary N) is 1. The number of rotatable bonds is 6. The largest absolute Gasteiger partial charge is 0.387 e. The van der Waals surface area contributed by atoms with Crippen molar-refractivity contribution in [3.05, 3.63) is 21.9 Å². The third-order valence-electron chi connectivity index (χ3n) is 2.62. The summed E-state index contributed by atoms with van der Waals surface area (Å²) in [5.41, 5.74) is 0.146. The van der Waals surface area contributed by atoms with Crippen LogP contribution in [-0.4, -0.2) is 48.7 Å². The van der Waals surface area contributed by atoms with Crippen molar-refractivity contribution in [3.8, 4) is 0 Å². The minimum absolute atomic E-state index is 0.0964. The maximum Gasteiger partial charge on any atom is 0.261 e. The van der Waals surface area contributed by atoms with Crippen molar-refractivity contribution in [1.82, 2.24) is 10.2 Å². The van der Waals surface area contributed by atoms with E-state index in [1.54, 1.807) is 6.92 Å². The van der Waals surface area contributed by atoms with Crippen LogP contribution in [0.3, 0.4) is 0 Å². The molecule has 0 radical (unpaired) electrons. The second kappa shape index (κ2) is 6.31. The molecule has 0 aliphatic rings. The third-order valence-corrected chi connectivity index (χ3v) is 3.58. The number of likely N-dealkylation sites (N-methyl/N-ethyl adjacent to an activating group) is 1. The fourth-order valence-corrected chi connectivity index (χ4v) is 2.81. The van der Waals surface area contributed by atoms with Crippen LogP contribution in [0.4, 0.5) is 0 Å². The highest BCUT2D eigenvalue weighted by Gasteiger charge is 2.23. The van der Waals surface area contributed by atoms with E-state index in [0.29, 0.717) is 6.54 Å². The summed E-state index contributed by atoms with van der Waals surface area (Å²) in [6.45, 7) is 4.52. The molecule has 1 rings (SSSR count). The molecule has 0 aliphatic heterocycles. The predicted molar refractivity (Wildman–Crippen MR) is 75.2 cm³/mol. The van der Waals surface area contributed by atoms with Crippen LogP contribution in [0.5, 0.6) is 0 Å². The average molecular weight is 270 g/mol. The van der Waals surface area contributed by atoms with Gasteiger partial charge in [0.1, 0.15) is 0 Å². The minimum Gasteiger partial charge on any atom is -0.387 e. The van der Waals surface area contributed by atoms with Crippen LogP contribution in [0.1, 0.15) is 29.1 Å². The number of aryl methyl sites for hydroxylation is 1. The number of thiophene rings is 1. The van der Waals surface area contributed by atoms with Crippen LogP contribution in [-0.2, 0) is 6.42 Å². The van der Waals surface area contributed by atoms with E-state index in [2.05, 4.69) is 5.32 Å². The molecule has 0 aliphatic carbocycles. The Morgan fingerprint density at radius 3 is 2.78 bits per heavy atom. The molecule has 0 spiro atoms. The van der Waals surface area contributed by atoms with Gasteiger partial charge in [-0.3, -0.25) is 4.79 Å². The van der Waals surface area contributed by atoms with Crippen molar-refractivity contribution < 1.29 is 9.90 Å². The topological polar surface area (TPSA) is 52.6 Å². The molecule has 1 atom stereocenters. The van der Waals surface area contributed by atoms with E-state index in [0.717, 1.165) is 16.9 Å². The first-order valence-corrected chi connectivity index (χ1v) is 6.95. The van der Waals surface area contributed by atoms with E-state index in [4.69, 9.17) is 0 Å². The Morgan fingerprint density at radius 1 is 1.56 bits per heavy atom. The van der Waals surface area contributed by atoms with Gasteiger partial charge in [0.15, 0.2) is 0 Å². The lowest BCUT2D eigenvalue weighted by Gasteiger charge is -2.27. The van der Waals surface area contributed by atoms with E-state index in [-0.39, 0.29) is 12.5 Å². The van der Waals surface area contributed by atoms with Gasteiger partial charge in [0, 0.05) is 13.1 Å². The molecule has 0 fully saturated rings. The van der Waals surface area contributed by atoms with Crippen LogP contribution < -0.4 is 5.32 Å². The lowest BCUT2D eigenvalue weighted by atomic mass is 10.1. The average Bonchev–Trinajstić information content (AvgIpc) is 2.72. The number of aliphatic hydroxyl groups is 1. The first kappa shape index (κ1) is 15.1. The predicted octanol–water partition coefficient (Wildman–Crippen LogP) is 1.35. The molecule has 1 amide bonds. The van der Waals surface area contributed by atoms with Gasteiger partial charge in [0.05, 0.1) is 10.5 Å². The van der Waals surface area contributed by atoms with Crippen molar-refractivity contribution in [2.45, 2.75) is 25.9 Å². The Bertz CT molecular complexity index is 399. The maximum absolute atomic E-state index is 12.0. The molecule has 5 heteroatoms. The summed E-state index contributed by atoms with van der Waals surface area (Å²) in [6, 6.07) is 1.97. The van der Waals surface area contributed by atoms with Gasteiger partial charge in [-0.05, 0) is 44.4 Å². The van der Waals surface area contributed by atoms with E-state index in [1.807, 2.05) is 37.4 Å². The molecule has 0 saturated carbocycles. The zero-order chi connectivity index (χ0) is 13.8. The Labute approximate surface area is 113 Å². The van der Waals surface area contributed by atoms with Gasteiger partial charge >= 0.3 is 0 Å². The van der Waals surface area contributed by atoms with Gasteiger partial charge in [-0.25, -0.2) is 0 Å². The van der Waals surface area contributed by atoms with E-state index >= 15 is 0 Å². The summed E-state index contributed by atoms with van der Waals surface area (Å²) < 4.78 is 0. The zero-order valence-electron chi connectivity index (χ0n) is 11.5. The smallest absolute Gasteiger partial charge is 0.261 e.